The quantitative estimate of drug-likeness (QED) is 0.388. The molecule has 0 bridgehead atoms. The Morgan fingerprint density at radius 2 is 1.71 bits per heavy atom. The molecule has 1 amide bonds. The van der Waals surface area contributed by atoms with Crippen LogP contribution in [0, 0.1) is 0 Å². The molecule has 3 aromatic rings. The first kappa shape index (κ1) is 21.5. The number of carbonyl (C=O) groups is 1. The van der Waals surface area contributed by atoms with E-state index in [4.69, 9.17) is 11.6 Å². The van der Waals surface area contributed by atoms with Crippen LogP contribution in [0.1, 0.15) is 48.9 Å². The summed E-state index contributed by atoms with van der Waals surface area (Å²) in [5.74, 6) is 0.0845. The van der Waals surface area contributed by atoms with Gasteiger partial charge in [0.25, 0.3) is 0 Å². The smallest absolute Gasteiger partial charge is 0.247 e. The second kappa shape index (κ2) is 10.5. The predicted octanol–water partition coefficient (Wildman–Crippen LogP) is 6.56. The van der Waals surface area contributed by atoms with Crippen molar-refractivity contribution in [1.82, 2.24) is 9.47 Å². The van der Waals surface area contributed by atoms with Gasteiger partial charge in [0.05, 0.1) is 6.54 Å². The van der Waals surface area contributed by atoms with E-state index in [0.717, 1.165) is 34.7 Å². The molecule has 0 atom stereocenters. The number of nitrogens with zero attached hydrogens (tertiary/aromatic N) is 2. The lowest BCUT2D eigenvalue weighted by atomic mass is 9.94. The van der Waals surface area contributed by atoms with Gasteiger partial charge in [0.1, 0.15) is 0 Å². The Morgan fingerprint density at radius 3 is 2.48 bits per heavy atom. The third kappa shape index (κ3) is 5.68. The fraction of sp³-hybridized carbons (Fsp3) is 0.296. The molecule has 1 aliphatic rings. The minimum atomic E-state index is 0.0845. The number of hydrogen-bond acceptors (Lipinski definition) is 1. The van der Waals surface area contributed by atoms with E-state index in [9.17, 15) is 4.79 Å². The van der Waals surface area contributed by atoms with Gasteiger partial charge in [-0.1, -0.05) is 79.4 Å². The van der Waals surface area contributed by atoms with Crippen molar-refractivity contribution >= 4 is 23.6 Å². The van der Waals surface area contributed by atoms with Gasteiger partial charge in [0.15, 0.2) is 0 Å². The van der Waals surface area contributed by atoms with E-state index >= 15 is 0 Å². The molecule has 0 N–H and O–H groups in total. The van der Waals surface area contributed by atoms with Crippen molar-refractivity contribution in [2.24, 2.45) is 0 Å². The summed E-state index contributed by atoms with van der Waals surface area (Å²) in [6.07, 6.45) is 11.5. The summed E-state index contributed by atoms with van der Waals surface area (Å²) in [5.41, 5.74) is 3.26. The van der Waals surface area contributed by atoms with Crippen LogP contribution in [0.25, 0.3) is 6.08 Å². The predicted molar refractivity (Wildman–Crippen MR) is 128 cm³/mol. The first-order valence-corrected chi connectivity index (χ1v) is 11.5. The van der Waals surface area contributed by atoms with Crippen LogP contribution < -0.4 is 0 Å². The number of hydrogen-bond donors (Lipinski definition) is 0. The highest BCUT2D eigenvalue weighted by Gasteiger charge is 2.25. The second-order valence-corrected chi connectivity index (χ2v) is 8.63. The molecule has 1 aromatic heterocycles. The first-order chi connectivity index (χ1) is 15.2. The van der Waals surface area contributed by atoms with Crippen molar-refractivity contribution in [1.29, 1.82) is 0 Å². The zero-order valence-electron chi connectivity index (χ0n) is 17.8. The molecule has 31 heavy (non-hydrogen) atoms. The molecule has 1 heterocycles. The van der Waals surface area contributed by atoms with Crippen LogP contribution in [-0.4, -0.2) is 21.4 Å². The van der Waals surface area contributed by atoms with Gasteiger partial charge in [-0.25, -0.2) is 0 Å². The molecule has 4 rings (SSSR count). The molecule has 0 unspecified atom stereocenters. The average molecular weight is 433 g/mol. The maximum absolute atomic E-state index is 13.3. The average Bonchev–Trinajstić information content (AvgIpc) is 3.25. The van der Waals surface area contributed by atoms with E-state index in [1.807, 2.05) is 54.6 Å². The van der Waals surface area contributed by atoms with Gasteiger partial charge in [-0.05, 0) is 48.2 Å². The van der Waals surface area contributed by atoms with E-state index < -0.39 is 0 Å². The van der Waals surface area contributed by atoms with Crippen LogP contribution in [0.4, 0.5) is 0 Å². The van der Waals surface area contributed by atoms with Gasteiger partial charge >= 0.3 is 0 Å². The summed E-state index contributed by atoms with van der Waals surface area (Å²) in [5, 5.41) is 0.771. The molecule has 160 valence electrons. The fourth-order valence-corrected chi connectivity index (χ4v) is 4.53. The lowest BCUT2D eigenvalue weighted by Gasteiger charge is -2.34. The summed E-state index contributed by atoms with van der Waals surface area (Å²) in [4.78, 5) is 15.3. The SMILES string of the molecule is O=C(/C=C/c1ccccc1)N(Cc1cccn1Cc1ccccc1Cl)C1CCCCC1. The number of benzene rings is 2. The molecule has 0 spiro atoms. The van der Waals surface area contributed by atoms with Gasteiger partial charge in [0, 0.05) is 35.6 Å². The summed E-state index contributed by atoms with van der Waals surface area (Å²) < 4.78 is 2.20. The number of amides is 1. The standard InChI is InChI=1S/C27H29ClN2O/c28-26-16-8-7-12-23(26)20-29-19-9-15-25(29)21-30(24-13-5-2-6-14-24)27(31)18-17-22-10-3-1-4-11-22/h1,3-4,7-12,15-19,24H,2,5-6,13-14,20-21H2/b18-17+. The number of halogens is 1. The summed E-state index contributed by atoms with van der Waals surface area (Å²) in [6.45, 7) is 1.31. The number of carbonyl (C=O) groups excluding carboxylic acids is 1. The highest BCUT2D eigenvalue weighted by molar-refractivity contribution is 6.31. The van der Waals surface area contributed by atoms with Crippen LogP contribution in [0.15, 0.2) is 79.0 Å². The van der Waals surface area contributed by atoms with Crippen molar-refractivity contribution in [3.8, 4) is 0 Å². The van der Waals surface area contributed by atoms with Gasteiger partial charge in [-0.3, -0.25) is 4.79 Å². The summed E-state index contributed by atoms with van der Waals surface area (Å²) in [7, 11) is 0. The molecule has 1 aliphatic carbocycles. The lowest BCUT2D eigenvalue weighted by Crippen LogP contribution is -2.40. The molecule has 0 saturated heterocycles. The van der Waals surface area contributed by atoms with Gasteiger partial charge < -0.3 is 9.47 Å². The second-order valence-electron chi connectivity index (χ2n) is 8.22. The van der Waals surface area contributed by atoms with Crippen molar-refractivity contribution in [3.05, 3.63) is 101 Å². The molecule has 3 nitrogen and oxygen atoms in total. The minimum Gasteiger partial charge on any atom is -0.345 e. The zero-order valence-corrected chi connectivity index (χ0v) is 18.5. The van der Waals surface area contributed by atoms with Crippen molar-refractivity contribution in [3.63, 3.8) is 0 Å². The molecule has 2 aromatic carbocycles. The van der Waals surface area contributed by atoms with Crippen LogP contribution in [0.5, 0.6) is 0 Å². The Kier molecular flexibility index (Phi) is 7.26. The molecular formula is C27H29ClN2O. The van der Waals surface area contributed by atoms with Crippen LogP contribution >= 0.6 is 11.6 Å². The summed E-state index contributed by atoms with van der Waals surface area (Å²) >= 11 is 6.38. The van der Waals surface area contributed by atoms with Crippen molar-refractivity contribution in [2.45, 2.75) is 51.2 Å². The van der Waals surface area contributed by atoms with Crippen LogP contribution in [0.3, 0.4) is 0 Å². The third-order valence-corrected chi connectivity index (χ3v) is 6.44. The topological polar surface area (TPSA) is 25.2 Å². The Balaban J connectivity index is 1.54. The van der Waals surface area contributed by atoms with Crippen molar-refractivity contribution in [2.75, 3.05) is 0 Å². The zero-order chi connectivity index (χ0) is 21.5. The molecule has 1 saturated carbocycles. The van der Waals surface area contributed by atoms with E-state index in [1.165, 1.54) is 19.3 Å². The Morgan fingerprint density at radius 1 is 0.968 bits per heavy atom. The maximum atomic E-state index is 13.3. The number of rotatable bonds is 7. The largest absolute Gasteiger partial charge is 0.345 e. The normalized spacial score (nSPS) is 14.7. The lowest BCUT2D eigenvalue weighted by molar-refractivity contribution is -0.129. The van der Waals surface area contributed by atoms with Crippen LogP contribution in [0.2, 0.25) is 5.02 Å². The van der Waals surface area contributed by atoms with E-state index in [1.54, 1.807) is 6.08 Å². The van der Waals surface area contributed by atoms with Gasteiger partial charge in [-0.15, -0.1) is 0 Å². The highest BCUT2D eigenvalue weighted by atomic mass is 35.5. The van der Waals surface area contributed by atoms with E-state index in [-0.39, 0.29) is 5.91 Å². The van der Waals surface area contributed by atoms with Crippen LogP contribution in [-0.2, 0) is 17.9 Å². The van der Waals surface area contributed by atoms with E-state index in [2.05, 4.69) is 33.9 Å². The monoisotopic (exact) mass is 432 g/mol. The molecule has 0 aliphatic heterocycles. The summed E-state index contributed by atoms with van der Waals surface area (Å²) in [6, 6.07) is 22.4. The molecule has 0 radical (unpaired) electrons. The molecule has 1 fully saturated rings. The molecular weight excluding hydrogens is 404 g/mol. The molecule has 4 heteroatoms. The number of aromatic nitrogens is 1. The minimum absolute atomic E-state index is 0.0845. The van der Waals surface area contributed by atoms with E-state index in [0.29, 0.717) is 19.1 Å². The third-order valence-electron chi connectivity index (χ3n) is 6.07. The Hall–Kier alpha value is -2.78. The maximum Gasteiger partial charge on any atom is 0.247 e. The van der Waals surface area contributed by atoms with Gasteiger partial charge in [0.2, 0.25) is 5.91 Å². The fourth-order valence-electron chi connectivity index (χ4n) is 4.34. The highest BCUT2D eigenvalue weighted by Crippen LogP contribution is 2.25. The first-order valence-electron chi connectivity index (χ1n) is 11.1. The van der Waals surface area contributed by atoms with Gasteiger partial charge in [-0.2, -0.15) is 0 Å². The van der Waals surface area contributed by atoms with Crippen molar-refractivity contribution < 1.29 is 4.79 Å². The Labute approximate surface area is 190 Å². The Bertz CT molecular complexity index is 1020.